The molecule has 2 heterocycles. The summed E-state index contributed by atoms with van der Waals surface area (Å²) in [6.07, 6.45) is 1.76. The van der Waals surface area contributed by atoms with Gasteiger partial charge in [0.05, 0.1) is 17.0 Å². The highest BCUT2D eigenvalue weighted by Gasteiger charge is 2.49. The minimum atomic E-state index is -0.524. The second-order valence-electron chi connectivity index (χ2n) is 6.65. The highest BCUT2D eigenvalue weighted by molar-refractivity contribution is 8.01. The van der Waals surface area contributed by atoms with Gasteiger partial charge in [0.1, 0.15) is 0 Å². The molecule has 0 bridgehead atoms. The molecule has 0 radical (unpaired) electrons. The Morgan fingerprint density at radius 3 is 2.22 bits per heavy atom. The standard InChI is InChI=1S/C22H21NO3S/c1-2-26-20(25)18-19(24)23-15-9-14-22(21(23)27-18,16-10-5-3-6-11-16)17-12-7-4-8-13-17/h3-8,10-13H,2,9,14-15H2,1H3. The summed E-state index contributed by atoms with van der Waals surface area (Å²) in [5.41, 5.74) is 1.85. The van der Waals surface area contributed by atoms with E-state index in [-0.39, 0.29) is 17.4 Å². The SMILES string of the molecule is CCOC(=O)C1=S=C2N(CCCC2(c2ccccc2)c2ccccc2)C1=O. The molecule has 5 heteroatoms. The van der Waals surface area contributed by atoms with Gasteiger partial charge in [-0.2, -0.15) is 0 Å². The topological polar surface area (TPSA) is 46.6 Å². The largest absolute Gasteiger partial charge is 0.462 e. The average molecular weight is 379 g/mol. The minimum absolute atomic E-state index is 0.171. The first-order valence-electron chi connectivity index (χ1n) is 9.20. The molecule has 138 valence electrons. The van der Waals surface area contributed by atoms with Crippen LogP contribution in [0.1, 0.15) is 30.9 Å². The van der Waals surface area contributed by atoms with Crippen LogP contribution < -0.4 is 0 Å². The van der Waals surface area contributed by atoms with E-state index in [4.69, 9.17) is 4.74 Å². The first-order chi connectivity index (χ1) is 13.2. The molecular formula is C22H21NO3S. The van der Waals surface area contributed by atoms with Gasteiger partial charge in [-0.1, -0.05) is 60.7 Å². The zero-order valence-electron chi connectivity index (χ0n) is 15.2. The van der Waals surface area contributed by atoms with Gasteiger partial charge < -0.3 is 9.64 Å². The number of ether oxygens (including phenoxy) is 1. The zero-order valence-corrected chi connectivity index (χ0v) is 16.0. The van der Waals surface area contributed by atoms with E-state index >= 15 is 0 Å². The van der Waals surface area contributed by atoms with E-state index in [1.807, 2.05) is 36.4 Å². The maximum Gasteiger partial charge on any atom is 0.354 e. The maximum absolute atomic E-state index is 13.0. The molecule has 2 aromatic rings. The number of fused-ring (bicyclic) bond motifs is 1. The Morgan fingerprint density at radius 1 is 1.07 bits per heavy atom. The molecule has 0 unspecified atom stereocenters. The van der Waals surface area contributed by atoms with Crippen molar-refractivity contribution in [1.82, 2.24) is 4.90 Å². The van der Waals surface area contributed by atoms with Gasteiger partial charge in [-0.3, -0.25) is 4.79 Å². The van der Waals surface area contributed by atoms with Gasteiger partial charge in [0.25, 0.3) is 5.91 Å². The fourth-order valence-electron chi connectivity index (χ4n) is 4.01. The summed E-state index contributed by atoms with van der Waals surface area (Å²) in [5, 5.41) is 0. The number of esters is 1. The van der Waals surface area contributed by atoms with Crippen LogP contribution in [0, 0.1) is 0 Å². The minimum Gasteiger partial charge on any atom is -0.462 e. The number of hydrogen-bond acceptors (Lipinski definition) is 3. The molecule has 4 nitrogen and oxygen atoms in total. The number of carbonyl (C=O) groups is 2. The molecule has 0 aromatic heterocycles. The summed E-state index contributed by atoms with van der Waals surface area (Å²) in [6.45, 7) is 2.64. The van der Waals surface area contributed by atoms with Crippen molar-refractivity contribution in [1.29, 1.82) is 0 Å². The van der Waals surface area contributed by atoms with Gasteiger partial charge in [-0.25, -0.2) is 4.79 Å². The summed E-state index contributed by atoms with van der Waals surface area (Å²) in [5.74, 6) is -0.756. The third-order valence-electron chi connectivity index (χ3n) is 5.18. The Labute approximate surface area is 162 Å². The van der Waals surface area contributed by atoms with Crippen LogP contribution in [0.25, 0.3) is 0 Å². The Bertz CT molecular complexity index is 897. The molecule has 0 saturated carbocycles. The molecule has 4 rings (SSSR count). The van der Waals surface area contributed by atoms with E-state index in [0.29, 0.717) is 6.54 Å². The number of benzene rings is 2. The van der Waals surface area contributed by atoms with Crippen LogP contribution in [-0.2, 0) is 19.7 Å². The summed E-state index contributed by atoms with van der Waals surface area (Å²) >= 11 is 0. The lowest BCUT2D eigenvalue weighted by molar-refractivity contribution is -0.136. The van der Waals surface area contributed by atoms with Crippen LogP contribution in [0.4, 0.5) is 0 Å². The lowest BCUT2D eigenvalue weighted by Gasteiger charge is -2.43. The molecule has 2 aromatic carbocycles. The van der Waals surface area contributed by atoms with Gasteiger partial charge in [-0.15, -0.1) is 10.9 Å². The number of carbonyl (C=O) groups excluding carboxylic acids is 2. The fraction of sp³-hybridized carbons (Fsp3) is 0.273. The Balaban J connectivity index is 1.97. The third-order valence-corrected chi connectivity index (χ3v) is 6.48. The molecule has 1 fully saturated rings. The third kappa shape index (κ3) is 2.82. The summed E-state index contributed by atoms with van der Waals surface area (Å²) in [6, 6.07) is 20.5. The van der Waals surface area contributed by atoms with E-state index in [9.17, 15) is 9.59 Å². The van der Waals surface area contributed by atoms with E-state index in [1.54, 1.807) is 11.8 Å². The Hall–Kier alpha value is -2.66. The predicted molar refractivity (Wildman–Crippen MR) is 109 cm³/mol. The normalized spacial score (nSPS) is 18.1. The molecule has 0 atom stereocenters. The van der Waals surface area contributed by atoms with Crippen molar-refractivity contribution in [2.45, 2.75) is 25.2 Å². The van der Waals surface area contributed by atoms with Gasteiger partial charge in [-0.05, 0) is 30.9 Å². The predicted octanol–water partition coefficient (Wildman–Crippen LogP) is 3.21. The van der Waals surface area contributed by atoms with Crippen LogP contribution in [0.5, 0.6) is 0 Å². The monoisotopic (exact) mass is 379 g/mol. The second-order valence-corrected chi connectivity index (χ2v) is 7.65. The summed E-state index contributed by atoms with van der Waals surface area (Å²) in [7, 11) is 1.28. The molecule has 0 aliphatic carbocycles. The first-order valence-corrected chi connectivity index (χ1v) is 10.0. The zero-order chi connectivity index (χ0) is 18.9. The van der Waals surface area contributed by atoms with E-state index in [2.05, 4.69) is 24.3 Å². The molecule has 0 N–H and O–H groups in total. The van der Waals surface area contributed by atoms with Crippen LogP contribution >= 0.6 is 10.9 Å². The molecule has 27 heavy (non-hydrogen) atoms. The van der Waals surface area contributed by atoms with Gasteiger partial charge >= 0.3 is 5.97 Å². The smallest absolute Gasteiger partial charge is 0.354 e. The van der Waals surface area contributed by atoms with Crippen LogP contribution in [-0.4, -0.2) is 39.8 Å². The molecule has 1 saturated heterocycles. The van der Waals surface area contributed by atoms with Crippen LogP contribution in [0.2, 0.25) is 0 Å². The molecule has 2 aliphatic heterocycles. The van der Waals surface area contributed by atoms with Crippen molar-refractivity contribution in [2.75, 3.05) is 13.2 Å². The van der Waals surface area contributed by atoms with Gasteiger partial charge in [0, 0.05) is 6.54 Å². The van der Waals surface area contributed by atoms with Crippen molar-refractivity contribution in [2.24, 2.45) is 0 Å². The van der Waals surface area contributed by atoms with Crippen molar-refractivity contribution < 1.29 is 14.3 Å². The van der Waals surface area contributed by atoms with Gasteiger partial charge in [0.2, 0.25) is 0 Å². The van der Waals surface area contributed by atoms with E-state index in [1.165, 1.54) is 10.9 Å². The van der Waals surface area contributed by atoms with Crippen molar-refractivity contribution >= 4 is 32.7 Å². The van der Waals surface area contributed by atoms with Crippen molar-refractivity contribution in [3.05, 3.63) is 71.8 Å². The fourth-order valence-corrected chi connectivity index (χ4v) is 5.34. The number of rotatable bonds is 4. The molecule has 1 amide bonds. The van der Waals surface area contributed by atoms with Crippen LogP contribution in [0.15, 0.2) is 60.7 Å². The summed E-state index contributed by atoms with van der Waals surface area (Å²) < 4.78 is 5.12. The lowest BCUT2D eigenvalue weighted by Crippen LogP contribution is -2.52. The number of piperidine rings is 1. The Kier molecular flexibility index (Phi) is 4.70. The van der Waals surface area contributed by atoms with Crippen molar-refractivity contribution in [3.8, 4) is 0 Å². The first kappa shape index (κ1) is 17.7. The van der Waals surface area contributed by atoms with E-state index in [0.717, 1.165) is 29.0 Å². The highest BCUT2D eigenvalue weighted by atomic mass is 32.1. The Morgan fingerprint density at radius 2 is 1.67 bits per heavy atom. The number of hydrogen-bond donors (Lipinski definition) is 0. The van der Waals surface area contributed by atoms with E-state index < -0.39 is 11.4 Å². The molecular weight excluding hydrogens is 358 g/mol. The molecule has 2 aliphatic rings. The lowest BCUT2D eigenvalue weighted by atomic mass is 9.69. The van der Waals surface area contributed by atoms with Gasteiger partial charge in [0.15, 0.2) is 4.86 Å². The summed E-state index contributed by atoms with van der Waals surface area (Å²) in [4.78, 5) is 28.2. The average Bonchev–Trinajstić information content (AvgIpc) is 3.07. The highest BCUT2D eigenvalue weighted by Crippen LogP contribution is 2.44. The maximum atomic E-state index is 13.0. The number of amides is 1. The van der Waals surface area contributed by atoms with Crippen LogP contribution in [0.3, 0.4) is 0 Å². The molecule has 0 spiro atoms. The van der Waals surface area contributed by atoms with Crippen molar-refractivity contribution in [3.63, 3.8) is 0 Å². The second kappa shape index (κ2) is 7.16. The quantitative estimate of drug-likeness (QED) is 0.605. The number of nitrogens with zero attached hydrogens (tertiary/aromatic N) is 1.